The van der Waals surface area contributed by atoms with Crippen LogP contribution < -0.4 is 10.6 Å². The smallest absolute Gasteiger partial charge is 0.315 e. The van der Waals surface area contributed by atoms with Crippen molar-refractivity contribution in [3.8, 4) is 0 Å². The Morgan fingerprint density at radius 2 is 1.61 bits per heavy atom. The van der Waals surface area contributed by atoms with Crippen LogP contribution in [0.5, 0.6) is 0 Å². The molecule has 148 valence electrons. The number of hydrogen-bond donors (Lipinski definition) is 2. The van der Waals surface area contributed by atoms with E-state index >= 15 is 0 Å². The van der Waals surface area contributed by atoms with Gasteiger partial charge in [-0.1, -0.05) is 59.6 Å². The molecule has 0 unspecified atom stereocenters. The van der Waals surface area contributed by atoms with Crippen molar-refractivity contribution < 1.29 is 19.1 Å². The zero-order valence-electron chi connectivity index (χ0n) is 15.2. The van der Waals surface area contributed by atoms with Crippen LogP contribution in [-0.4, -0.2) is 31.4 Å². The number of amides is 2. The summed E-state index contributed by atoms with van der Waals surface area (Å²) in [5.74, 6) is -1.88. The highest BCUT2D eigenvalue weighted by atomic mass is 35.5. The lowest BCUT2D eigenvalue weighted by molar-refractivity contribution is -0.145. The lowest BCUT2D eigenvalue weighted by atomic mass is 9.98. The van der Waals surface area contributed by atoms with E-state index in [1.165, 1.54) is 7.11 Å². The molecule has 2 aromatic carbocycles. The van der Waals surface area contributed by atoms with Gasteiger partial charge in [-0.25, -0.2) is 4.79 Å². The maximum atomic E-state index is 12.6. The van der Waals surface area contributed by atoms with Crippen molar-refractivity contribution in [1.82, 2.24) is 10.6 Å². The lowest BCUT2D eigenvalue weighted by Gasteiger charge is -2.16. The highest BCUT2D eigenvalue weighted by molar-refractivity contribution is 6.39. The fourth-order valence-electron chi connectivity index (χ4n) is 2.55. The number of esters is 1. The molecule has 0 aliphatic rings. The number of benzene rings is 2. The molecule has 0 bridgehead atoms. The first-order valence-corrected chi connectivity index (χ1v) is 9.28. The highest BCUT2D eigenvalue weighted by Crippen LogP contribution is 2.26. The van der Waals surface area contributed by atoms with Gasteiger partial charge in [0.2, 0.25) is 0 Å². The van der Waals surface area contributed by atoms with Crippen LogP contribution in [0.3, 0.4) is 0 Å². The number of nitrogens with one attached hydrogen (secondary N) is 2. The van der Waals surface area contributed by atoms with Gasteiger partial charge in [0.15, 0.2) is 5.78 Å². The third-order valence-electron chi connectivity index (χ3n) is 4.01. The number of ketones is 1. The summed E-state index contributed by atoms with van der Waals surface area (Å²) in [6, 6.07) is 13.6. The maximum absolute atomic E-state index is 12.6. The monoisotopic (exact) mass is 422 g/mol. The molecule has 1 atom stereocenters. The number of rotatable bonds is 8. The van der Waals surface area contributed by atoms with E-state index in [4.69, 9.17) is 27.9 Å². The Balaban J connectivity index is 1.95. The van der Waals surface area contributed by atoms with E-state index in [1.807, 2.05) is 30.3 Å². The Hall–Kier alpha value is -2.57. The summed E-state index contributed by atoms with van der Waals surface area (Å²) in [4.78, 5) is 36.6. The fraction of sp³-hybridized carbons (Fsp3) is 0.250. The number of carbonyl (C=O) groups excluding carboxylic acids is 3. The second kappa shape index (κ2) is 10.7. The summed E-state index contributed by atoms with van der Waals surface area (Å²) >= 11 is 12.1. The van der Waals surface area contributed by atoms with Crippen LogP contribution >= 0.6 is 23.2 Å². The van der Waals surface area contributed by atoms with E-state index in [-0.39, 0.29) is 28.6 Å². The van der Waals surface area contributed by atoms with E-state index < -0.39 is 23.7 Å². The number of ether oxygens (including phenoxy) is 1. The van der Waals surface area contributed by atoms with Crippen LogP contribution in [0.4, 0.5) is 4.79 Å². The normalized spacial score (nSPS) is 11.4. The molecule has 6 nitrogen and oxygen atoms in total. The fourth-order valence-corrected chi connectivity index (χ4v) is 3.16. The zero-order chi connectivity index (χ0) is 20.5. The van der Waals surface area contributed by atoms with Crippen LogP contribution in [0.2, 0.25) is 10.0 Å². The van der Waals surface area contributed by atoms with Crippen LogP contribution in [0.25, 0.3) is 0 Å². The van der Waals surface area contributed by atoms with Crippen molar-refractivity contribution in [2.45, 2.75) is 13.0 Å². The number of Topliss-reactive ketones (excluding diaryl/α,β-unsaturated/α-hetero) is 1. The SMILES string of the molecule is COC(=O)[C@H](CNC(=O)NCc1ccccc1)CC(=O)c1c(Cl)cccc1Cl. The number of methoxy groups -OCH3 is 1. The van der Waals surface area contributed by atoms with E-state index in [2.05, 4.69) is 10.6 Å². The first kappa shape index (κ1) is 21.7. The second-order valence-electron chi connectivity index (χ2n) is 5.99. The van der Waals surface area contributed by atoms with Gasteiger partial charge in [0.1, 0.15) is 0 Å². The summed E-state index contributed by atoms with van der Waals surface area (Å²) in [6.45, 7) is 0.269. The lowest BCUT2D eigenvalue weighted by Crippen LogP contribution is -2.40. The van der Waals surface area contributed by atoms with Crippen molar-refractivity contribution in [2.24, 2.45) is 5.92 Å². The van der Waals surface area contributed by atoms with Gasteiger partial charge < -0.3 is 15.4 Å². The average Bonchev–Trinajstić information content (AvgIpc) is 2.69. The topological polar surface area (TPSA) is 84.5 Å². The molecule has 0 radical (unpaired) electrons. The number of halogens is 2. The maximum Gasteiger partial charge on any atom is 0.315 e. The van der Waals surface area contributed by atoms with Crippen LogP contribution in [-0.2, 0) is 16.1 Å². The van der Waals surface area contributed by atoms with E-state index in [9.17, 15) is 14.4 Å². The van der Waals surface area contributed by atoms with Gasteiger partial charge in [-0.05, 0) is 17.7 Å². The Labute approximate surface area is 173 Å². The van der Waals surface area contributed by atoms with Crippen LogP contribution in [0.1, 0.15) is 22.3 Å². The van der Waals surface area contributed by atoms with E-state index in [0.717, 1.165) is 5.56 Å². The van der Waals surface area contributed by atoms with Gasteiger partial charge in [0.25, 0.3) is 0 Å². The Kier molecular flexibility index (Phi) is 8.29. The predicted octanol–water partition coefficient (Wildman–Crippen LogP) is 3.85. The molecule has 0 aromatic heterocycles. The van der Waals surface area contributed by atoms with Gasteiger partial charge in [0.05, 0.1) is 28.6 Å². The Morgan fingerprint density at radius 3 is 2.21 bits per heavy atom. The minimum atomic E-state index is -0.868. The number of urea groups is 1. The summed E-state index contributed by atoms with van der Waals surface area (Å²) < 4.78 is 4.74. The molecule has 28 heavy (non-hydrogen) atoms. The number of carbonyl (C=O) groups is 3. The minimum Gasteiger partial charge on any atom is -0.469 e. The molecule has 8 heteroatoms. The Bertz CT molecular complexity index is 823. The molecule has 2 rings (SSSR count). The summed E-state index contributed by atoms with van der Waals surface area (Å²) in [5, 5.41) is 5.68. The van der Waals surface area contributed by atoms with Crippen molar-refractivity contribution in [3.05, 3.63) is 69.7 Å². The minimum absolute atomic E-state index is 0.0683. The first-order valence-electron chi connectivity index (χ1n) is 8.53. The third kappa shape index (κ3) is 6.25. The Morgan fingerprint density at radius 1 is 0.964 bits per heavy atom. The summed E-state index contributed by atoms with van der Waals surface area (Å²) in [6.07, 6.45) is -0.199. The average molecular weight is 423 g/mol. The van der Waals surface area contributed by atoms with Crippen molar-refractivity contribution in [1.29, 1.82) is 0 Å². The van der Waals surface area contributed by atoms with Crippen molar-refractivity contribution in [3.63, 3.8) is 0 Å². The molecule has 0 heterocycles. The van der Waals surface area contributed by atoms with Gasteiger partial charge in [-0.15, -0.1) is 0 Å². The van der Waals surface area contributed by atoms with Gasteiger partial charge in [-0.2, -0.15) is 0 Å². The molecule has 0 fully saturated rings. The third-order valence-corrected chi connectivity index (χ3v) is 4.64. The molecule has 2 amide bonds. The van der Waals surface area contributed by atoms with Crippen molar-refractivity contribution >= 4 is 41.0 Å². The number of hydrogen-bond acceptors (Lipinski definition) is 4. The molecule has 2 N–H and O–H groups in total. The molecule has 0 spiro atoms. The molecular formula is C20H20Cl2N2O4. The molecule has 0 aliphatic heterocycles. The molecule has 0 aliphatic carbocycles. The molecule has 2 aromatic rings. The molecule has 0 saturated heterocycles. The quantitative estimate of drug-likeness (QED) is 0.499. The zero-order valence-corrected chi connectivity index (χ0v) is 16.7. The molecule has 0 saturated carbocycles. The van der Waals surface area contributed by atoms with Crippen LogP contribution in [0, 0.1) is 5.92 Å². The first-order chi connectivity index (χ1) is 13.4. The largest absolute Gasteiger partial charge is 0.469 e. The van der Waals surface area contributed by atoms with Crippen LogP contribution in [0.15, 0.2) is 48.5 Å². The van der Waals surface area contributed by atoms with E-state index in [1.54, 1.807) is 18.2 Å². The predicted molar refractivity (Wildman–Crippen MR) is 108 cm³/mol. The van der Waals surface area contributed by atoms with Crippen molar-refractivity contribution in [2.75, 3.05) is 13.7 Å². The van der Waals surface area contributed by atoms with E-state index in [0.29, 0.717) is 6.54 Å². The van der Waals surface area contributed by atoms with Gasteiger partial charge in [0, 0.05) is 19.5 Å². The standard InChI is InChI=1S/C20H20Cl2N2O4/c1-28-19(26)14(10-17(25)18-15(21)8-5-9-16(18)22)12-24-20(27)23-11-13-6-3-2-4-7-13/h2-9,14H,10-12H2,1H3,(H2,23,24,27)/t14-/m0/s1. The summed E-state index contributed by atoms with van der Waals surface area (Å²) in [7, 11) is 1.22. The molecular weight excluding hydrogens is 403 g/mol. The highest BCUT2D eigenvalue weighted by Gasteiger charge is 2.26. The van der Waals surface area contributed by atoms with Gasteiger partial charge in [-0.3, -0.25) is 9.59 Å². The second-order valence-corrected chi connectivity index (χ2v) is 6.81. The summed E-state index contributed by atoms with van der Waals surface area (Å²) in [5.41, 5.74) is 1.08. The van der Waals surface area contributed by atoms with Gasteiger partial charge >= 0.3 is 12.0 Å².